The summed E-state index contributed by atoms with van der Waals surface area (Å²) in [6.07, 6.45) is 2.10. The number of benzene rings is 2. The van der Waals surface area contributed by atoms with Gasteiger partial charge in [0.25, 0.3) is 0 Å². The maximum absolute atomic E-state index is 5.54. The fourth-order valence-corrected chi connectivity index (χ4v) is 5.83. The van der Waals surface area contributed by atoms with Crippen LogP contribution in [0.2, 0.25) is 0 Å². The Bertz CT molecular complexity index is 658. The molecule has 0 unspecified atom stereocenters. The highest BCUT2D eigenvalue weighted by molar-refractivity contribution is 8.76. The van der Waals surface area contributed by atoms with E-state index in [0.29, 0.717) is 12.1 Å². The normalized spacial score (nSPS) is 12.8. The van der Waals surface area contributed by atoms with Gasteiger partial charge < -0.3 is 10.6 Å². The number of hydrogen-bond donors (Lipinski definition) is 2. The van der Waals surface area contributed by atoms with Gasteiger partial charge in [0, 0.05) is 34.7 Å². The van der Waals surface area contributed by atoms with Gasteiger partial charge in [-0.25, -0.2) is 0 Å². The third-order valence-corrected chi connectivity index (χ3v) is 7.62. The van der Waals surface area contributed by atoms with E-state index in [1.54, 1.807) is 0 Å². The van der Waals surface area contributed by atoms with Crippen molar-refractivity contribution in [2.24, 2.45) is 0 Å². The zero-order valence-corrected chi connectivity index (χ0v) is 19.7. The summed E-state index contributed by atoms with van der Waals surface area (Å²) in [5, 5.41) is 7.00. The molecule has 28 heavy (non-hydrogen) atoms. The molecule has 2 nitrogen and oxygen atoms in total. The highest BCUT2D eigenvalue weighted by Gasteiger charge is 2.12. The summed E-state index contributed by atoms with van der Waals surface area (Å²) in [5.41, 5.74) is 2.16. The van der Waals surface area contributed by atoms with Crippen LogP contribution in [0.1, 0.15) is 37.8 Å². The molecule has 0 aliphatic rings. The van der Waals surface area contributed by atoms with E-state index < -0.39 is 0 Å². The summed E-state index contributed by atoms with van der Waals surface area (Å²) >= 11 is 11.1. The maximum Gasteiger partial charge on any atom is 0.106 e. The smallest absolute Gasteiger partial charge is 0.106 e. The molecular formula is C22H28N2S4. The molecule has 2 aromatic rings. The minimum Gasteiger partial charge on any atom is -0.372 e. The van der Waals surface area contributed by atoms with Crippen LogP contribution < -0.4 is 10.6 Å². The highest BCUT2D eigenvalue weighted by Crippen LogP contribution is 2.24. The molecule has 0 heterocycles. The minimum absolute atomic E-state index is 0.378. The van der Waals surface area contributed by atoms with Crippen molar-refractivity contribution in [1.82, 2.24) is 10.6 Å². The highest BCUT2D eigenvalue weighted by atomic mass is 33.1. The first-order chi connectivity index (χ1) is 13.6. The first kappa shape index (κ1) is 23.2. The number of rotatable bonds is 11. The summed E-state index contributed by atoms with van der Waals surface area (Å²) in [7, 11) is 3.80. The lowest BCUT2D eigenvalue weighted by atomic mass is 10.2. The van der Waals surface area contributed by atoms with Gasteiger partial charge in [-0.15, -0.1) is 0 Å². The van der Waals surface area contributed by atoms with Crippen LogP contribution in [-0.2, 0) is 0 Å². The molecule has 0 bridgehead atoms. The van der Waals surface area contributed by atoms with Crippen molar-refractivity contribution < 1.29 is 0 Å². The van der Waals surface area contributed by atoms with E-state index in [9.17, 15) is 0 Å². The lowest BCUT2D eigenvalue weighted by Gasteiger charge is -2.20. The first-order valence-corrected chi connectivity index (χ1v) is 12.9. The number of nitrogens with one attached hydrogen (secondary N) is 2. The van der Waals surface area contributed by atoms with Crippen LogP contribution in [-0.4, -0.2) is 33.6 Å². The quantitative estimate of drug-likeness (QED) is 0.254. The molecule has 2 N–H and O–H groups in total. The van der Waals surface area contributed by atoms with E-state index in [4.69, 9.17) is 24.4 Å². The summed E-state index contributed by atoms with van der Waals surface area (Å²) in [6, 6.07) is 21.1. The minimum atomic E-state index is 0.378. The van der Waals surface area contributed by atoms with Crippen molar-refractivity contribution in [2.75, 3.05) is 11.5 Å². The molecule has 150 valence electrons. The van der Waals surface area contributed by atoms with Gasteiger partial charge in [0.05, 0.1) is 0 Å². The third-order valence-electron chi connectivity index (χ3n) is 4.35. The number of thiocarbonyl (C=S) groups is 2. The zero-order chi connectivity index (χ0) is 20.2. The van der Waals surface area contributed by atoms with Gasteiger partial charge in [-0.2, -0.15) is 0 Å². The lowest BCUT2D eigenvalue weighted by molar-refractivity contribution is 0.655. The Kier molecular flexibility index (Phi) is 10.9. The van der Waals surface area contributed by atoms with Gasteiger partial charge in [-0.3, -0.25) is 0 Å². The van der Waals surface area contributed by atoms with E-state index in [0.717, 1.165) is 45.5 Å². The molecule has 0 saturated carbocycles. The van der Waals surface area contributed by atoms with Crippen molar-refractivity contribution in [2.45, 2.75) is 38.8 Å². The molecular weight excluding hydrogens is 421 g/mol. The third kappa shape index (κ3) is 8.11. The van der Waals surface area contributed by atoms with Crippen LogP contribution in [0.5, 0.6) is 0 Å². The van der Waals surface area contributed by atoms with Crippen LogP contribution in [0.4, 0.5) is 0 Å². The Balaban J connectivity index is 1.71. The van der Waals surface area contributed by atoms with Crippen LogP contribution in [0.3, 0.4) is 0 Å². The van der Waals surface area contributed by atoms with Gasteiger partial charge in [-0.1, -0.05) is 121 Å². The summed E-state index contributed by atoms with van der Waals surface area (Å²) in [5.74, 6) is 2.04. The van der Waals surface area contributed by atoms with Crippen LogP contribution in [0.15, 0.2) is 60.7 Å². The Hall–Kier alpha value is -1.08. The second-order valence-electron chi connectivity index (χ2n) is 6.46. The van der Waals surface area contributed by atoms with E-state index in [1.165, 1.54) is 0 Å². The Morgan fingerprint density at radius 2 is 1.07 bits per heavy atom. The molecule has 2 atom stereocenters. The van der Waals surface area contributed by atoms with Crippen LogP contribution >= 0.6 is 46.0 Å². The fraction of sp³-hybridized carbons (Fsp3) is 0.364. The monoisotopic (exact) mass is 448 g/mol. The predicted molar refractivity (Wildman–Crippen MR) is 136 cm³/mol. The summed E-state index contributed by atoms with van der Waals surface area (Å²) in [4.78, 5) is 1.67. The molecule has 0 spiro atoms. The second kappa shape index (κ2) is 13.2. The van der Waals surface area contributed by atoms with Crippen molar-refractivity contribution in [1.29, 1.82) is 0 Å². The van der Waals surface area contributed by atoms with E-state index in [-0.39, 0.29) is 0 Å². The van der Waals surface area contributed by atoms with Crippen molar-refractivity contribution in [3.8, 4) is 0 Å². The van der Waals surface area contributed by atoms with Crippen molar-refractivity contribution >= 4 is 56.0 Å². The largest absolute Gasteiger partial charge is 0.372 e. The molecule has 0 radical (unpaired) electrons. The van der Waals surface area contributed by atoms with Crippen LogP contribution in [0.25, 0.3) is 0 Å². The molecule has 0 amide bonds. The maximum atomic E-state index is 5.54. The van der Waals surface area contributed by atoms with Crippen molar-refractivity contribution in [3.63, 3.8) is 0 Å². The van der Waals surface area contributed by atoms with E-state index in [1.807, 2.05) is 58.0 Å². The molecule has 0 saturated heterocycles. The average molecular weight is 449 g/mol. The standard InChI is InChI=1S/C22H28N2S4/c1-3-19(23-21(25)17-11-7-5-8-12-17)15-27-28-16-20(4-2)24-22(26)18-13-9-6-10-14-18/h5-14,19-20H,3-4,15-16H2,1-2H3,(H,23,25)(H,24,26)/t19-,20-/m1/s1. The lowest BCUT2D eigenvalue weighted by Crippen LogP contribution is -2.36. The summed E-state index contributed by atoms with van der Waals surface area (Å²) in [6.45, 7) is 4.40. The average Bonchev–Trinajstić information content (AvgIpc) is 2.75. The molecule has 0 aliphatic carbocycles. The second-order valence-corrected chi connectivity index (χ2v) is 9.83. The number of hydrogen-bond acceptors (Lipinski definition) is 4. The Morgan fingerprint density at radius 3 is 1.39 bits per heavy atom. The topological polar surface area (TPSA) is 24.1 Å². The molecule has 0 aromatic heterocycles. The van der Waals surface area contributed by atoms with E-state index >= 15 is 0 Å². The van der Waals surface area contributed by atoms with Crippen molar-refractivity contribution in [3.05, 3.63) is 71.8 Å². The van der Waals surface area contributed by atoms with E-state index in [2.05, 4.69) is 48.7 Å². The Labute approximate surface area is 188 Å². The molecule has 2 rings (SSSR count). The SMILES string of the molecule is CC[C@H](CSSC[C@@H](CC)NC(=S)c1ccccc1)NC(=S)c1ccccc1. The summed E-state index contributed by atoms with van der Waals surface area (Å²) < 4.78 is 0. The van der Waals surface area contributed by atoms with Gasteiger partial charge in [0.15, 0.2) is 0 Å². The van der Waals surface area contributed by atoms with Gasteiger partial charge >= 0.3 is 0 Å². The van der Waals surface area contributed by atoms with Gasteiger partial charge in [-0.05, 0) is 12.8 Å². The first-order valence-electron chi connectivity index (χ1n) is 9.60. The van der Waals surface area contributed by atoms with Crippen LogP contribution in [0, 0.1) is 0 Å². The zero-order valence-electron chi connectivity index (χ0n) is 16.4. The molecule has 6 heteroatoms. The van der Waals surface area contributed by atoms with Gasteiger partial charge in [0.2, 0.25) is 0 Å². The fourth-order valence-electron chi connectivity index (χ4n) is 2.50. The van der Waals surface area contributed by atoms with Gasteiger partial charge in [0.1, 0.15) is 9.98 Å². The molecule has 0 fully saturated rings. The predicted octanol–water partition coefficient (Wildman–Crippen LogP) is 5.86. The Morgan fingerprint density at radius 1 is 0.714 bits per heavy atom. The molecule has 2 aromatic carbocycles. The molecule has 0 aliphatic heterocycles.